The monoisotopic (exact) mass is 258 g/mol. The molecule has 4 heteroatoms. The van der Waals surface area contributed by atoms with Gasteiger partial charge in [-0.2, -0.15) is 0 Å². The van der Waals surface area contributed by atoms with Crippen LogP contribution in [0.3, 0.4) is 0 Å². The van der Waals surface area contributed by atoms with Gasteiger partial charge in [0.1, 0.15) is 0 Å². The van der Waals surface area contributed by atoms with Crippen LogP contribution in [0, 0.1) is 0 Å². The molecule has 0 saturated carbocycles. The van der Waals surface area contributed by atoms with Gasteiger partial charge in [-0.15, -0.1) is 0 Å². The van der Waals surface area contributed by atoms with Crippen molar-refractivity contribution in [3.05, 3.63) is 58.0 Å². The molecule has 2 aromatic rings. The fourth-order valence-electron chi connectivity index (χ4n) is 2.19. The molecule has 0 fully saturated rings. The van der Waals surface area contributed by atoms with Crippen LogP contribution >= 0.6 is 11.8 Å². The first-order valence-corrected chi connectivity index (χ1v) is 7.02. The lowest BCUT2D eigenvalue weighted by atomic mass is 10.1. The van der Waals surface area contributed by atoms with Crippen molar-refractivity contribution >= 4 is 11.8 Å². The summed E-state index contributed by atoms with van der Waals surface area (Å²) in [5.41, 5.74) is 2.12. The number of hydrogen-bond acceptors (Lipinski definition) is 3. The number of thioether (sulfide) groups is 1. The summed E-state index contributed by atoms with van der Waals surface area (Å²) in [6, 6.07) is 12.0. The summed E-state index contributed by atoms with van der Waals surface area (Å²) >= 11 is 1.67. The lowest BCUT2D eigenvalue weighted by Gasteiger charge is -2.08. The molecule has 1 atom stereocenters. The van der Waals surface area contributed by atoms with E-state index in [9.17, 15) is 4.79 Å². The SMILES string of the molecule is CC1CSc2nc(Cc3ccccc3)cc(=O)n21. The number of rotatable bonds is 2. The first kappa shape index (κ1) is 11.5. The number of nitrogens with zero attached hydrogens (tertiary/aromatic N) is 2. The second-order valence-electron chi connectivity index (χ2n) is 4.56. The van der Waals surface area contributed by atoms with Crippen LogP contribution in [-0.4, -0.2) is 15.3 Å². The molecule has 0 spiro atoms. The Morgan fingerprint density at radius 3 is 2.94 bits per heavy atom. The van der Waals surface area contributed by atoms with E-state index >= 15 is 0 Å². The van der Waals surface area contributed by atoms with E-state index in [-0.39, 0.29) is 11.6 Å². The maximum absolute atomic E-state index is 12.0. The average Bonchev–Trinajstić information content (AvgIpc) is 2.72. The van der Waals surface area contributed by atoms with Gasteiger partial charge in [-0.05, 0) is 12.5 Å². The van der Waals surface area contributed by atoms with Gasteiger partial charge in [0.2, 0.25) is 0 Å². The third kappa shape index (κ3) is 2.08. The highest BCUT2D eigenvalue weighted by atomic mass is 32.2. The van der Waals surface area contributed by atoms with E-state index < -0.39 is 0 Å². The normalized spacial score (nSPS) is 17.7. The van der Waals surface area contributed by atoms with Gasteiger partial charge in [-0.25, -0.2) is 4.98 Å². The van der Waals surface area contributed by atoms with Gasteiger partial charge in [-0.1, -0.05) is 42.1 Å². The minimum Gasteiger partial charge on any atom is -0.284 e. The number of hydrogen-bond donors (Lipinski definition) is 0. The molecule has 0 bridgehead atoms. The third-order valence-electron chi connectivity index (χ3n) is 3.10. The number of fused-ring (bicyclic) bond motifs is 1. The summed E-state index contributed by atoms with van der Waals surface area (Å²) < 4.78 is 1.79. The van der Waals surface area contributed by atoms with Crippen LogP contribution in [0.25, 0.3) is 0 Å². The van der Waals surface area contributed by atoms with Crippen LogP contribution in [0.4, 0.5) is 0 Å². The summed E-state index contributed by atoms with van der Waals surface area (Å²) in [4.78, 5) is 16.6. The van der Waals surface area contributed by atoms with Gasteiger partial charge >= 0.3 is 0 Å². The van der Waals surface area contributed by atoms with E-state index in [0.717, 1.165) is 23.0 Å². The van der Waals surface area contributed by atoms with Crippen LogP contribution in [-0.2, 0) is 6.42 Å². The Kier molecular flexibility index (Phi) is 2.96. The molecule has 0 radical (unpaired) electrons. The first-order valence-electron chi connectivity index (χ1n) is 6.03. The van der Waals surface area contributed by atoms with E-state index in [4.69, 9.17) is 0 Å². The molecular formula is C14H14N2OS. The van der Waals surface area contributed by atoms with Crippen molar-refractivity contribution in [1.82, 2.24) is 9.55 Å². The van der Waals surface area contributed by atoms with Gasteiger partial charge < -0.3 is 0 Å². The van der Waals surface area contributed by atoms with E-state index in [1.807, 2.05) is 18.2 Å². The largest absolute Gasteiger partial charge is 0.284 e. The molecule has 0 amide bonds. The molecule has 3 nitrogen and oxygen atoms in total. The van der Waals surface area contributed by atoms with Gasteiger partial charge in [0.15, 0.2) is 5.16 Å². The van der Waals surface area contributed by atoms with Crippen molar-refractivity contribution in [3.63, 3.8) is 0 Å². The Labute approximate surface area is 110 Å². The third-order valence-corrected chi connectivity index (χ3v) is 4.29. The van der Waals surface area contributed by atoms with Crippen LogP contribution in [0.1, 0.15) is 24.2 Å². The standard InChI is InChI=1S/C14H14N2OS/c1-10-9-18-14-15-12(8-13(17)16(10)14)7-11-5-3-2-4-6-11/h2-6,8,10H,7,9H2,1H3. The van der Waals surface area contributed by atoms with E-state index in [2.05, 4.69) is 24.0 Å². The molecule has 18 heavy (non-hydrogen) atoms. The zero-order valence-corrected chi connectivity index (χ0v) is 11.0. The Morgan fingerprint density at radius 2 is 2.17 bits per heavy atom. The van der Waals surface area contributed by atoms with E-state index in [1.54, 1.807) is 22.4 Å². The molecule has 0 aliphatic carbocycles. The highest BCUT2D eigenvalue weighted by Crippen LogP contribution is 2.29. The van der Waals surface area contributed by atoms with Gasteiger partial charge in [-0.3, -0.25) is 9.36 Å². The van der Waals surface area contributed by atoms with E-state index in [1.165, 1.54) is 5.56 Å². The van der Waals surface area contributed by atoms with Crippen molar-refractivity contribution in [2.75, 3.05) is 5.75 Å². The van der Waals surface area contributed by atoms with Crippen LogP contribution in [0.5, 0.6) is 0 Å². The summed E-state index contributed by atoms with van der Waals surface area (Å²) in [6.45, 7) is 2.06. The van der Waals surface area contributed by atoms with Gasteiger partial charge in [0, 0.05) is 24.3 Å². The summed E-state index contributed by atoms with van der Waals surface area (Å²) in [6.07, 6.45) is 0.721. The number of benzene rings is 1. The van der Waals surface area contributed by atoms with Crippen LogP contribution in [0.2, 0.25) is 0 Å². The Hall–Kier alpha value is -1.55. The fraction of sp³-hybridized carbons (Fsp3) is 0.286. The van der Waals surface area contributed by atoms with Crippen molar-refractivity contribution in [2.45, 2.75) is 24.5 Å². The second kappa shape index (κ2) is 4.61. The summed E-state index contributed by atoms with van der Waals surface area (Å²) in [5.74, 6) is 0.941. The first-order chi connectivity index (χ1) is 8.74. The van der Waals surface area contributed by atoms with Crippen molar-refractivity contribution < 1.29 is 0 Å². The van der Waals surface area contributed by atoms with Gasteiger partial charge in [0.25, 0.3) is 5.56 Å². The Morgan fingerprint density at radius 1 is 1.39 bits per heavy atom. The van der Waals surface area contributed by atoms with Crippen LogP contribution in [0.15, 0.2) is 46.3 Å². The molecule has 3 rings (SSSR count). The predicted octanol–water partition coefficient (Wildman–Crippen LogP) is 2.50. The molecule has 0 N–H and O–H groups in total. The highest BCUT2D eigenvalue weighted by molar-refractivity contribution is 7.99. The van der Waals surface area contributed by atoms with E-state index in [0.29, 0.717) is 0 Å². The molecule has 1 aliphatic rings. The average molecular weight is 258 g/mol. The summed E-state index contributed by atoms with van der Waals surface area (Å²) in [7, 11) is 0. The molecule has 1 aromatic heterocycles. The topological polar surface area (TPSA) is 34.9 Å². The highest BCUT2D eigenvalue weighted by Gasteiger charge is 2.21. The lowest BCUT2D eigenvalue weighted by Crippen LogP contribution is -2.23. The molecular weight excluding hydrogens is 244 g/mol. The molecule has 1 aliphatic heterocycles. The maximum atomic E-state index is 12.0. The minimum absolute atomic E-state index is 0.0726. The zero-order valence-electron chi connectivity index (χ0n) is 10.2. The predicted molar refractivity (Wildman–Crippen MR) is 73.2 cm³/mol. The van der Waals surface area contributed by atoms with Crippen molar-refractivity contribution in [3.8, 4) is 0 Å². The molecule has 1 unspecified atom stereocenters. The summed E-state index contributed by atoms with van der Waals surface area (Å²) in [5, 5.41) is 0.862. The lowest BCUT2D eigenvalue weighted by molar-refractivity contribution is 0.539. The molecule has 2 heterocycles. The van der Waals surface area contributed by atoms with Crippen molar-refractivity contribution in [1.29, 1.82) is 0 Å². The molecule has 0 saturated heterocycles. The minimum atomic E-state index is 0.0726. The van der Waals surface area contributed by atoms with Crippen molar-refractivity contribution in [2.24, 2.45) is 0 Å². The molecule has 92 valence electrons. The maximum Gasteiger partial charge on any atom is 0.254 e. The molecule has 1 aromatic carbocycles. The Bertz CT molecular complexity index is 621. The van der Waals surface area contributed by atoms with Crippen LogP contribution < -0.4 is 5.56 Å². The number of aromatic nitrogens is 2. The fourth-order valence-corrected chi connectivity index (χ4v) is 3.32. The van der Waals surface area contributed by atoms with Gasteiger partial charge in [0.05, 0.1) is 5.69 Å². The smallest absolute Gasteiger partial charge is 0.254 e. The quantitative estimate of drug-likeness (QED) is 0.776. The zero-order chi connectivity index (χ0) is 12.5. The second-order valence-corrected chi connectivity index (χ2v) is 5.55. The Balaban J connectivity index is 1.96.